The average molecular weight is 440 g/mol. The van der Waals surface area contributed by atoms with Gasteiger partial charge >= 0.3 is 0 Å². The van der Waals surface area contributed by atoms with Crippen molar-refractivity contribution in [3.8, 4) is 6.07 Å². The van der Waals surface area contributed by atoms with Crippen molar-refractivity contribution in [2.24, 2.45) is 0 Å². The molecule has 2 rings (SSSR count). The number of aryl methyl sites for hydroxylation is 1. The van der Waals surface area contributed by atoms with E-state index in [1.165, 1.54) is 7.11 Å². The van der Waals surface area contributed by atoms with Crippen LogP contribution in [-0.2, 0) is 9.27 Å². The van der Waals surface area contributed by atoms with E-state index < -0.39 is 11.7 Å². The molecule has 1 aromatic heterocycles. The molecule has 0 aliphatic heterocycles. The first kappa shape index (κ1) is 18.1. The lowest BCUT2D eigenvalue weighted by molar-refractivity contribution is 0.0537. The standard InChI is InChI=1S/C16H14FIN4O2/c1-9-3-4-10(16(23)22-24-2)6-13(9)20-15-12(17)5-11(8-19)14(7-18)21-15/h3-6H,7H2,1-2H3,(H,20,21)(H,22,23). The molecule has 24 heavy (non-hydrogen) atoms. The molecular formula is C16H14FIN4O2. The van der Waals surface area contributed by atoms with Gasteiger partial charge in [0.05, 0.1) is 18.4 Å². The van der Waals surface area contributed by atoms with Gasteiger partial charge in [-0.15, -0.1) is 0 Å². The van der Waals surface area contributed by atoms with Crippen molar-refractivity contribution in [2.75, 3.05) is 12.4 Å². The van der Waals surface area contributed by atoms with Crippen molar-refractivity contribution in [1.82, 2.24) is 10.5 Å². The number of benzene rings is 1. The second-order valence-corrected chi connectivity index (χ2v) is 5.61. The van der Waals surface area contributed by atoms with E-state index in [1.54, 1.807) is 18.2 Å². The number of nitrogens with one attached hydrogen (secondary N) is 2. The van der Waals surface area contributed by atoms with E-state index in [0.29, 0.717) is 21.4 Å². The number of halogens is 2. The van der Waals surface area contributed by atoms with Gasteiger partial charge in [0.1, 0.15) is 6.07 Å². The number of rotatable bonds is 5. The number of amides is 1. The Balaban J connectivity index is 2.39. The number of aromatic nitrogens is 1. The van der Waals surface area contributed by atoms with Crippen LogP contribution in [-0.4, -0.2) is 18.0 Å². The fraction of sp³-hybridized carbons (Fsp3) is 0.188. The molecule has 0 aliphatic carbocycles. The summed E-state index contributed by atoms with van der Waals surface area (Å²) in [6.07, 6.45) is 0. The number of pyridine rings is 1. The fourth-order valence-electron chi connectivity index (χ4n) is 1.99. The minimum atomic E-state index is -0.633. The van der Waals surface area contributed by atoms with Crippen LogP contribution in [0.2, 0.25) is 0 Å². The van der Waals surface area contributed by atoms with Crippen molar-refractivity contribution in [2.45, 2.75) is 11.4 Å². The Hall–Kier alpha value is -2.25. The quantitative estimate of drug-likeness (QED) is 0.423. The molecule has 0 saturated heterocycles. The summed E-state index contributed by atoms with van der Waals surface area (Å²) in [6, 6.07) is 8.02. The van der Waals surface area contributed by atoms with Gasteiger partial charge in [-0.25, -0.2) is 14.9 Å². The van der Waals surface area contributed by atoms with Gasteiger partial charge in [0, 0.05) is 15.7 Å². The number of anilines is 2. The largest absolute Gasteiger partial charge is 0.338 e. The highest BCUT2D eigenvalue weighted by Gasteiger charge is 2.13. The van der Waals surface area contributed by atoms with Gasteiger partial charge in [-0.2, -0.15) is 5.26 Å². The van der Waals surface area contributed by atoms with E-state index in [9.17, 15) is 9.18 Å². The van der Waals surface area contributed by atoms with Crippen molar-refractivity contribution in [1.29, 1.82) is 5.26 Å². The monoisotopic (exact) mass is 440 g/mol. The molecule has 124 valence electrons. The maximum absolute atomic E-state index is 14.2. The van der Waals surface area contributed by atoms with Gasteiger partial charge in [-0.1, -0.05) is 28.7 Å². The molecule has 1 aromatic carbocycles. The summed E-state index contributed by atoms with van der Waals surface area (Å²) in [5, 5.41) is 11.9. The Morgan fingerprint density at radius 2 is 2.21 bits per heavy atom. The van der Waals surface area contributed by atoms with E-state index >= 15 is 0 Å². The van der Waals surface area contributed by atoms with E-state index in [0.717, 1.165) is 11.6 Å². The highest BCUT2D eigenvalue weighted by atomic mass is 127. The molecule has 0 aliphatic rings. The van der Waals surface area contributed by atoms with Crippen LogP contribution in [0.15, 0.2) is 24.3 Å². The first-order valence-electron chi connectivity index (χ1n) is 6.86. The highest BCUT2D eigenvalue weighted by molar-refractivity contribution is 14.1. The zero-order valence-corrected chi connectivity index (χ0v) is 15.1. The molecule has 0 saturated carbocycles. The lowest BCUT2D eigenvalue weighted by Crippen LogP contribution is -2.21. The SMILES string of the molecule is CONC(=O)c1ccc(C)c(Nc2nc(CI)c(C#N)cc2F)c1. The molecule has 8 heteroatoms. The Kier molecular flexibility index (Phi) is 6.05. The maximum Gasteiger partial charge on any atom is 0.274 e. The number of carbonyl (C=O) groups excluding carboxylic acids is 1. The number of hydrogen-bond acceptors (Lipinski definition) is 5. The van der Waals surface area contributed by atoms with Gasteiger partial charge < -0.3 is 5.32 Å². The molecule has 0 radical (unpaired) electrons. The summed E-state index contributed by atoms with van der Waals surface area (Å²) < 4.78 is 14.6. The van der Waals surface area contributed by atoms with Gasteiger partial charge in [0.25, 0.3) is 5.91 Å². The molecule has 2 aromatic rings. The summed E-state index contributed by atoms with van der Waals surface area (Å²) in [7, 11) is 1.34. The van der Waals surface area contributed by atoms with Gasteiger partial charge in [-0.05, 0) is 30.7 Å². The predicted octanol–water partition coefficient (Wildman–Crippen LogP) is 3.37. The topological polar surface area (TPSA) is 87.0 Å². The van der Waals surface area contributed by atoms with Crippen LogP contribution < -0.4 is 10.8 Å². The molecule has 1 amide bonds. The maximum atomic E-state index is 14.2. The molecular weight excluding hydrogens is 426 g/mol. The van der Waals surface area contributed by atoms with Crippen LogP contribution >= 0.6 is 22.6 Å². The third-order valence-corrected chi connectivity index (χ3v) is 3.97. The van der Waals surface area contributed by atoms with Crippen LogP contribution in [0.4, 0.5) is 15.9 Å². The zero-order valence-electron chi connectivity index (χ0n) is 13.0. The van der Waals surface area contributed by atoms with Crippen LogP contribution in [0.1, 0.15) is 27.2 Å². The van der Waals surface area contributed by atoms with Crippen molar-refractivity contribution >= 4 is 40.0 Å². The van der Waals surface area contributed by atoms with E-state index in [1.807, 2.05) is 13.0 Å². The Morgan fingerprint density at radius 1 is 1.46 bits per heavy atom. The predicted molar refractivity (Wildman–Crippen MR) is 95.6 cm³/mol. The van der Waals surface area contributed by atoms with E-state index in [2.05, 4.69) is 43.2 Å². The van der Waals surface area contributed by atoms with E-state index in [-0.39, 0.29) is 11.4 Å². The first-order chi connectivity index (χ1) is 11.5. The van der Waals surface area contributed by atoms with Gasteiger partial charge in [0.2, 0.25) is 0 Å². The lowest BCUT2D eigenvalue weighted by Gasteiger charge is -2.13. The number of nitriles is 1. The van der Waals surface area contributed by atoms with Crippen molar-refractivity contribution < 1.29 is 14.0 Å². The Labute approximate surface area is 152 Å². The molecule has 2 N–H and O–H groups in total. The summed E-state index contributed by atoms with van der Waals surface area (Å²) in [4.78, 5) is 20.6. The summed E-state index contributed by atoms with van der Waals surface area (Å²) in [5.74, 6) is -1.04. The third kappa shape index (κ3) is 3.98. The molecule has 0 spiro atoms. The van der Waals surface area contributed by atoms with Crippen LogP contribution in [0.5, 0.6) is 0 Å². The van der Waals surface area contributed by atoms with E-state index in [4.69, 9.17) is 5.26 Å². The normalized spacial score (nSPS) is 10.1. The summed E-state index contributed by atoms with van der Waals surface area (Å²) in [5.41, 5.74) is 4.62. The minimum absolute atomic E-state index is 0.00747. The van der Waals surface area contributed by atoms with Crippen LogP contribution in [0.3, 0.4) is 0 Å². The smallest absolute Gasteiger partial charge is 0.274 e. The number of hydroxylamine groups is 1. The number of nitrogens with zero attached hydrogens (tertiary/aromatic N) is 2. The Bertz CT molecular complexity index is 820. The minimum Gasteiger partial charge on any atom is -0.338 e. The fourth-order valence-corrected chi connectivity index (χ4v) is 2.57. The third-order valence-electron chi connectivity index (χ3n) is 3.25. The van der Waals surface area contributed by atoms with Crippen LogP contribution in [0.25, 0.3) is 0 Å². The second kappa shape index (κ2) is 8.03. The van der Waals surface area contributed by atoms with Gasteiger partial charge in [-0.3, -0.25) is 9.63 Å². The number of alkyl halides is 1. The molecule has 0 bridgehead atoms. The summed E-state index contributed by atoms with van der Waals surface area (Å²) >= 11 is 2.06. The molecule has 6 nitrogen and oxygen atoms in total. The lowest BCUT2D eigenvalue weighted by atomic mass is 10.1. The first-order valence-corrected chi connectivity index (χ1v) is 8.39. The Morgan fingerprint density at radius 3 is 2.83 bits per heavy atom. The van der Waals surface area contributed by atoms with Crippen molar-refractivity contribution in [3.05, 3.63) is 52.5 Å². The molecule has 1 heterocycles. The van der Waals surface area contributed by atoms with Crippen molar-refractivity contribution in [3.63, 3.8) is 0 Å². The summed E-state index contributed by atoms with van der Waals surface area (Å²) in [6.45, 7) is 1.82. The number of carbonyl (C=O) groups is 1. The highest BCUT2D eigenvalue weighted by Crippen LogP contribution is 2.25. The molecule has 0 unspecified atom stereocenters. The average Bonchev–Trinajstić information content (AvgIpc) is 2.58. The zero-order chi connectivity index (χ0) is 17.7. The van der Waals surface area contributed by atoms with Gasteiger partial charge in [0.15, 0.2) is 11.6 Å². The van der Waals surface area contributed by atoms with Crippen LogP contribution in [0, 0.1) is 24.1 Å². The number of hydrogen-bond donors (Lipinski definition) is 2. The molecule has 0 fully saturated rings. The second-order valence-electron chi connectivity index (χ2n) is 4.85. The molecule has 0 atom stereocenters.